The van der Waals surface area contributed by atoms with Crippen LogP contribution in [0.4, 0.5) is 5.69 Å². The summed E-state index contributed by atoms with van der Waals surface area (Å²) >= 11 is 7.00. The summed E-state index contributed by atoms with van der Waals surface area (Å²) in [4.78, 5) is 24.4. The maximum absolute atomic E-state index is 12.1. The lowest BCUT2D eigenvalue weighted by Crippen LogP contribution is -2.05. The molecule has 0 saturated carbocycles. The monoisotopic (exact) mass is 289 g/mol. The second-order valence-corrected chi connectivity index (χ2v) is 5.74. The third-order valence-corrected chi connectivity index (χ3v) is 4.05. The topological polar surface area (TPSA) is 46.2 Å². The molecule has 94 valence electrons. The summed E-state index contributed by atoms with van der Waals surface area (Å²) in [6.45, 7) is 0. The summed E-state index contributed by atoms with van der Waals surface area (Å²) in [5.74, 6) is -0.462. The van der Waals surface area contributed by atoms with Crippen LogP contribution < -0.4 is 5.32 Å². The zero-order valence-electron chi connectivity index (χ0n) is 9.64. The van der Waals surface area contributed by atoms with E-state index in [-0.39, 0.29) is 11.7 Å². The molecular weight excluding hydrogens is 282 g/mol. The van der Waals surface area contributed by atoms with Crippen LogP contribution in [-0.4, -0.2) is 11.7 Å². The normalized spacial score (nSPS) is 15.4. The number of hydrogen-bond acceptors (Lipinski definition) is 3. The zero-order valence-corrected chi connectivity index (χ0v) is 11.2. The molecule has 5 heteroatoms. The first-order valence-corrected chi connectivity index (χ1v) is 6.77. The highest BCUT2D eigenvalue weighted by Crippen LogP contribution is 2.32. The average Bonchev–Trinajstić information content (AvgIpc) is 2.95. The Labute approximate surface area is 118 Å². The molecule has 1 aliphatic heterocycles. The number of thiophene rings is 1. The molecule has 1 N–H and O–H groups in total. The number of para-hydroxylation sites is 1. The van der Waals surface area contributed by atoms with E-state index >= 15 is 0 Å². The van der Waals surface area contributed by atoms with Crippen LogP contribution in [0.2, 0.25) is 4.34 Å². The quantitative estimate of drug-likeness (QED) is 0.678. The number of fused-ring (bicyclic) bond motifs is 1. The number of halogens is 1. The van der Waals surface area contributed by atoms with Crippen molar-refractivity contribution in [3.8, 4) is 0 Å². The number of anilines is 1. The highest BCUT2D eigenvalue weighted by atomic mass is 35.5. The molecule has 1 amide bonds. The largest absolute Gasteiger partial charge is 0.321 e. The Hall–Kier alpha value is -1.91. The van der Waals surface area contributed by atoms with Crippen LogP contribution in [0.25, 0.3) is 5.57 Å². The molecule has 0 atom stereocenters. The number of benzene rings is 1. The second-order valence-electron chi connectivity index (χ2n) is 4.03. The van der Waals surface area contributed by atoms with Crippen molar-refractivity contribution in [1.82, 2.24) is 0 Å². The Kier molecular flexibility index (Phi) is 2.97. The summed E-state index contributed by atoms with van der Waals surface area (Å²) in [5, 5.41) is 2.73. The van der Waals surface area contributed by atoms with E-state index in [1.807, 2.05) is 18.2 Å². The number of allylic oxidation sites excluding steroid dienone is 1. The second kappa shape index (κ2) is 4.64. The van der Waals surface area contributed by atoms with Gasteiger partial charge in [0.05, 0.1) is 14.8 Å². The van der Waals surface area contributed by atoms with Gasteiger partial charge in [0.1, 0.15) is 0 Å². The maximum atomic E-state index is 12.1. The molecular formula is C14H8ClNO2S. The van der Waals surface area contributed by atoms with Gasteiger partial charge >= 0.3 is 0 Å². The predicted molar refractivity (Wildman–Crippen MR) is 76.7 cm³/mol. The van der Waals surface area contributed by atoms with Gasteiger partial charge in [-0.3, -0.25) is 9.59 Å². The summed E-state index contributed by atoms with van der Waals surface area (Å²) in [7, 11) is 0. The van der Waals surface area contributed by atoms with Crippen molar-refractivity contribution in [1.29, 1.82) is 0 Å². The standard InChI is InChI=1S/C14H8ClNO2S/c15-13-6-5-12(19-13)11(17)7-9-8-3-1-2-4-10(8)16-14(9)18/h1-7H,(H,16,18)/b9-7-. The number of hydrogen-bond donors (Lipinski definition) is 1. The molecule has 0 saturated heterocycles. The van der Waals surface area contributed by atoms with E-state index in [1.165, 1.54) is 17.4 Å². The molecule has 1 aliphatic rings. The molecule has 1 aromatic carbocycles. The Balaban J connectivity index is 2.00. The first-order chi connectivity index (χ1) is 9.15. The number of carbonyl (C=O) groups excluding carboxylic acids is 2. The molecule has 0 spiro atoms. The van der Waals surface area contributed by atoms with Gasteiger partial charge in [-0.15, -0.1) is 11.3 Å². The van der Waals surface area contributed by atoms with Gasteiger partial charge in [-0.05, 0) is 18.2 Å². The Morgan fingerprint density at radius 3 is 2.74 bits per heavy atom. The van der Waals surface area contributed by atoms with Crippen molar-refractivity contribution in [3.63, 3.8) is 0 Å². The summed E-state index contributed by atoms with van der Waals surface area (Å²) < 4.78 is 0.554. The first-order valence-electron chi connectivity index (χ1n) is 5.57. The first kappa shape index (κ1) is 12.1. The van der Waals surface area contributed by atoms with Crippen LogP contribution in [0.1, 0.15) is 15.2 Å². The number of rotatable bonds is 2. The molecule has 0 aliphatic carbocycles. The van der Waals surface area contributed by atoms with Gasteiger partial charge in [0.15, 0.2) is 5.78 Å². The van der Waals surface area contributed by atoms with Gasteiger partial charge in [-0.25, -0.2) is 0 Å². The van der Waals surface area contributed by atoms with Crippen molar-refractivity contribution >= 4 is 45.9 Å². The lowest BCUT2D eigenvalue weighted by molar-refractivity contribution is -0.110. The molecule has 19 heavy (non-hydrogen) atoms. The predicted octanol–water partition coefficient (Wildman–Crippen LogP) is 3.62. The molecule has 0 unspecified atom stereocenters. The van der Waals surface area contributed by atoms with Gasteiger partial charge in [0.25, 0.3) is 5.91 Å². The average molecular weight is 290 g/mol. The third kappa shape index (κ3) is 2.20. The van der Waals surface area contributed by atoms with Crippen LogP contribution >= 0.6 is 22.9 Å². The van der Waals surface area contributed by atoms with Crippen LogP contribution in [0, 0.1) is 0 Å². The fraction of sp³-hybridized carbons (Fsp3) is 0. The lowest BCUT2D eigenvalue weighted by atomic mass is 10.1. The number of nitrogens with one attached hydrogen (secondary N) is 1. The molecule has 2 heterocycles. The van der Waals surface area contributed by atoms with Gasteiger partial charge in [-0.1, -0.05) is 29.8 Å². The molecule has 0 radical (unpaired) electrons. The summed E-state index contributed by atoms with van der Waals surface area (Å²) in [6, 6.07) is 10.6. The Morgan fingerprint density at radius 1 is 1.21 bits per heavy atom. The van der Waals surface area contributed by atoms with Gasteiger partial charge in [0, 0.05) is 17.3 Å². The number of ketones is 1. The summed E-state index contributed by atoms with van der Waals surface area (Å²) in [5.41, 5.74) is 1.88. The van der Waals surface area contributed by atoms with Crippen LogP contribution in [0.5, 0.6) is 0 Å². The fourth-order valence-electron chi connectivity index (χ4n) is 1.93. The Bertz CT molecular complexity index is 718. The van der Waals surface area contributed by atoms with Crippen molar-refractivity contribution in [2.45, 2.75) is 0 Å². The van der Waals surface area contributed by atoms with Crippen molar-refractivity contribution in [3.05, 3.63) is 57.3 Å². The van der Waals surface area contributed by atoms with E-state index in [0.717, 1.165) is 11.3 Å². The fourth-order valence-corrected chi connectivity index (χ4v) is 2.89. The van der Waals surface area contributed by atoms with E-state index in [1.54, 1.807) is 18.2 Å². The minimum Gasteiger partial charge on any atom is -0.321 e. The minimum absolute atomic E-state index is 0.209. The van der Waals surface area contributed by atoms with E-state index in [2.05, 4.69) is 5.32 Å². The maximum Gasteiger partial charge on any atom is 0.256 e. The minimum atomic E-state index is -0.253. The molecule has 0 fully saturated rings. The smallest absolute Gasteiger partial charge is 0.256 e. The van der Waals surface area contributed by atoms with Gasteiger partial charge < -0.3 is 5.32 Å². The molecule has 3 rings (SSSR count). The lowest BCUT2D eigenvalue weighted by Gasteiger charge is -1.96. The molecule has 0 bridgehead atoms. The highest BCUT2D eigenvalue weighted by molar-refractivity contribution is 7.18. The van der Waals surface area contributed by atoms with Gasteiger partial charge in [-0.2, -0.15) is 0 Å². The van der Waals surface area contributed by atoms with E-state index in [0.29, 0.717) is 14.8 Å². The third-order valence-electron chi connectivity index (χ3n) is 2.80. The number of carbonyl (C=O) groups is 2. The zero-order chi connectivity index (χ0) is 13.4. The van der Waals surface area contributed by atoms with Crippen LogP contribution in [0.15, 0.2) is 42.5 Å². The van der Waals surface area contributed by atoms with Gasteiger partial charge in [0.2, 0.25) is 0 Å². The van der Waals surface area contributed by atoms with Crippen LogP contribution in [0.3, 0.4) is 0 Å². The van der Waals surface area contributed by atoms with Crippen molar-refractivity contribution in [2.24, 2.45) is 0 Å². The van der Waals surface area contributed by atoms with Crippen molar-refractivity contribution < 1.29 is 9.59 Å². The molecule has 3 nitrogen and oxygen atoms in total. The van der Waals surface area contributed by atoms with E-state index in [4.69, 9.17) is 11.6 Å². The van der Waals surface area contributed by atoms with E-state index < -0.39 is 0 Å². The van der Waals surface area contributed by atoms with Crippen molar-refractivity contribution in [2.75, 3.05) is 5.32 Å². The highest BCUT2D eigenvalue weighted by Gasteiger charge is 2.24. The van der Waals surface area contributed by atoms with E-state index in [9.17, 15) is 9.59 Å². The molecule has 1 aromatic heterocycles. The SMILES string of the molecule is O=C1Nc2ccccc2/C1=C/C(=O)c1ccc(Cl)s1. The number of amides is 1. The summed E-state index contributed by atoms with van der Waals surface area (Å²) in [6.07, 6.45) is 1.36. The van der Waals surface area contributed by atoms with Crippen LogP contribution in [-0.2, 0) is 4.79 Å². The molecule has 2 aromatic rings. The Morgan fingerprint density at radius 2 is 2.00 bits per heavy atom.